The first kappa shape index (κ1) is 22.3. The van der Waals surface area contributed by atoms with Crippen LogP contribution in [0.15, 0.2) is 85.4 Å². The minimum Gasteiger partial charge on any atom is -0.507 e. The Kier molecular flexibility index (Phi) is 5.98. The van der Waals surface area contributed by atoms with Crippen molar-refractivity contribution in [3.05, 3.63) is 96.6 Å². The third-order valence-electron chi connectivity index (χ3n) is 6.06. The molecule has 1 N–H and O–H groups in total. The number of para-hydroxylation sites is 1. The predicted octanol–water partition coefficient (Wildman–Crippen LogP) is 7.08. The number of fused-ring (bicyclic) bond motifs is 1. The Morgan fingerprint density at radius 2 is 1.40 bits per heavy atom. The van der Waals surface area contributed by atoms with E-state index in [0.717, 1.165) is 33.0 Å². The van der Waals surface area contributed by atoms with Crippen molar-refractivity contribution in [2.24, 2.45) is 0 Å². The zero-order valence-corrected chi connectivity index (χ0v) is 19.7. The number of phenolic OH excluding ortho intramolecular Hbond substituents is 1. The number of aryl methyl sites for hydroxylation is 1. The molecule has 0 atom stereocenters. The van der Waals surface area contributed by atoms with Gasteiger partial charge in [-0.25, -0.2) is 4.98 Å². The molecule has 5 rings (SSSR count). The molecule has 5 aromatic rings. The maximum atomic E-state index is 10.5. The normalized spacial score (nSPS) is 10.9. The molecule has 0 saturated heterocycles. The summed E-state index contributed by atoms with van der Waals surface area (Å²) in [6.45, 7) is 8.43. The van der Waals surface area contributed by atoms with Crippen LogP contribution < -0.4 is 4.74 Å². The molecule has 0 spiro atoms. The number of ether oxygens (including phenoxy) is 1. The number of rotatable bonds is 6. The molecule has 0 bridgehead atoms. The first-order valence-electron chi connectivity index (χ1n) is 11.5. The average molecular weight is 460 g/mol. The Morgan fingerprint density at radius 3 is 2.11 bits per heavy atom. The van der Waals surface area contributed by atoms with Gasteiger partial charge in [0.1, 0.15) is 5.75 Å². The Balaban J connectivity index is 1.82. The molecule has 35 heavy (non-hydrogen) atoms. The summed E-state index contributed by atoms with van der Waals surface area (Å²) in [6, 6.07) is 25.8. The molecule has 5 heteroatoms. The number of nitrogens with zero attached hydrogens (tertiary/aromatic N) is 3. The van der Waals surface area contributed by atoms with Crippen molar-refractivity contribution in [2.45, 2.75) is 13.8 Å². The summed E-state index contributed by atoms with van der Waals surface area (Å²) in [7, 11) is 0. The molecule has 1 aromatic heterocycles. The molecule has 0 saturated carbocycles. The molecule has 1 heterocycles. The zero-order valence-electron chi connectivity index (χ0n) is 19.7. The Morgan fingerprint density at radius 1 is 0.771 bits per heavy atom. The van der Waals surface area contributed by atoms with Crippen LogP contribution in [-0.4, -0.2) is 26.7 Å². The molecule has 0 unspecified atom stereocenters. The van der Waals surface area contributed by atoms with Crippen LogP contribution in [-0.2, 0) is 0 Å². The van der Waals surface area contributed by atoms with Gasteiger partial charge in [0.15, 0.2) is 11.6 Å². The van der Waals surface area contributed by atoms with Gasteiger partial charge < -0.3 is 9.84 Å². The number of phenols is 1. The summed E-state index contributed by atoms with van der Waals surface area (Å²) < 4.78 is 5.70. The van der Waals surface area contributed by atoms with Gasteiger partial charge in [-0.2, -0.15) is 9.97 Å². The van der Waals surface area contributed by atoms with Gasteiger partial charge in [-0.1, -0.05) is 73.3 Å². The second kappa shape index (κ2) is 9.39. The van der Waals surface area contributed by atoms with Crippen LogP contribution in [0.1, 0.15) is 18.1 Å². The Bertz CT molecular complexity index is 1560. The van der Waals surface area contributed by atoms with Gasteiger partial charge in [-0.05, 0) is 65.1 Å². The van der Waals surface area contributed by atoms with Gasteiger partial charge in [0.25, 0.3) is 0 Å². The van der Waals surface area contributed by atoms with Crippen LogP contribution in [0.3, 0.4) is 0 Å². The number of benzene rings is 4. The summed E-state index contributed by atoms with van der Waals surface area (Å²) in [6.07, 6.45) is 1.87. The van der Waals surface area contributed by atoms with Gasteiger partial charge in [0.05, 0.1) is 12.2 Å². The van der Waals surface area contributed by atoms with E-state index in [9.17, 15) is 5.11 Å². The van der Waals surface area contributed by atoms with Crippen molar-refractivity contribution < 1.29 is 9.84 Å². The van der Waals surface area contributed by atoms with E-state index in [4.69, 9.17) is 9.72 Å². The van der Waals surface area contributed by atoms with Crippen molar-refractivity contribution >= 4 is 16.8 Å². The minimum absolute atomic E-state index is 0.0986. The fourth-order valence-electron chi connectivity index (χ4n) is 4.36. The lowest BCUT2D eigenvalue weighted by Gasteiger charge is -2.16. The topological polar surface area (TPSA) is 68.1 Å². The Hall–Kier alpha value is -4.51. The highest BCUT2D eigenvalue weighted by Gasteiger charge is 2.18. The lowest BCUT2D eigenvalue weighted by Crippen LogP contribution is -2.04. The predicted molar refractivity (Wildman–Crippen MR) is 141 cm³/mol. The molecule has 0 fully saturated rings. The van der Waals surface area contributed by atoms with Crippen LogP contribution in [0.5, 0.6) is 11.8 Å². The van der Waals surface area contributed by atoms with Gasteiger partial charge in [-0.15, -0.1) is 0 Å². The fourth-order valence-corrected chi connectivity index (χ4v) is 4.36. The summed E-state index contributed by atoms with van der Waals surface area (Å²) >= 11 is 0. The summed E-state index contributed by atoms with van der Waals surface area (Å²) in [5, 5.41) is 12.6. The summed E-state index contributed by atoms with van der Waals surface area (Å²) in [4.78, 5) is 13.9. The highest BCUT2D eigenvalue weighted by molar-refractivity contribution is 6.02. The lowest BCUT2D eigenvalue weighted by atomic mass is 9.89. The largest absolute Gasteiger partial charge is 0.507 e. The number of aromatic nitrogens is 3. The van der Waals surface area contributed by atoms with Crippen LogP contribution >= 0.6 is 0 Å². The first-order valence-corrected chi connectivity index (χ1v) is 11.5. The smallest absolute Gasteiger partial charge is 0.320 e. The summed E-state index contributed by atoms with van der Waals surface area (Å²) in [5.74, 6) is 0.936. The van der Waals surface area contributed by atoms with E-state index in [0.29, 0.717) is 23.8 Å². The second-order valence-electron chi connectivity index (χ2n) is 8.15. The lowest BCUT2D eigenvalue weighted by molar-refractivity contribution is 0.312. The van der Waals surface area contributed by atoms with Crippen molar-refractivity contribution in [2.75, 3.05) is 6.61 Å². The first-order chi connectivity index (χ1) is 17.1. The zero-order chi connectivity index (χ0) is 24.4. The number of hydrogen-bond donors (Lipinski definition) is 1. The third-order valence-corrected chi connectivity index (χ3v) is 6.06. The Labute approximate surface area is 204 Å². The maximum absolute atomic E-state index is 10.5. The third kappa shape index (κ3) is 4.13. The number of aromatic hydroxyl groups is 1. The molecule has 0 aliphatic rings. The van der Waals surface area contributed by atoms with Crippen molar-refractivity contribution in [3.8, 4) is 45.7 Å². The highest BCUT2D eigenvalue weighted by atomic mass is 16.5. The van der Waals surface area contributed by atoms with Crippen molar-refractivity contribution in [1.29, 1.82) is 0 Å². The molecule has 4 aromatic carbocycles. The molecule has 0 aliphatic heterocycles. The molecule has 5 nitrogen and oxygen atoms in total. The minimum atomic E-state index is 0.0986. The quantitative estimate of drug-likeness (QED) is 0.294. The van der Waals surface area contributed by atoms with Gasteiger partial charge in [0.2, 0.25) is 0 Å². The maximum Gasteiger partial charge on any atom is 0.320 e. The van der Waals surface area contributed by atoms with Gasteiger partial charge in [-0.3, -0.25) is 0 Å². The fraction of sp³-hybridized carbons (Fsp3) is 0.100. The molecular formula is C30H25N3O2. The highest BCUT2D eigenvalue weighted by Crippen LogP contribution is 2.38. The van der Waals surface area contributed by atoms with E-state index >= 15 is 0 Å². The molecule has 0 aliphatic carbocycles. The molecule has 0 radical (unpaired) electrons. The summed E-state index contributed by atoms with van der Waals surface area (Å²) in [5.41, 5.74) is 5.77. The van der Waals surface area contributed by atoms with E-state index in [1.807, 2.05) is 43.3 Å². The van der Waals surface area contributed by atoms with Crippen molar-refractivity contribution in [1.82, 2.24) is 15.0 Å². The average Bonchev–Trinajstić information content (AvgIpc) is 2.89. The van der Waals surface area contributed by atoms with Crippen LogP contribution in [0.4, 0.5) is 0 Å². The standard InChI is InChI=1S/C30H25N3O2/c1-4-20-12-6-7-14-22(20)25-18-26(23-15-9-8-13-21(23)19(25)3)29-31-28(32-30(33-29)35-5-2)24-16-10-11-17-27(24)34/h4,6-18,34H,1,5H2,2-3H3. The van der Waals surface area contributed by atoms with E-state index in [1.165, 1.54) is 5.56 Å². The van der Waals surface area contributed by atoms with Gasteiger partial charge >= 0.3 is 6.01 Å². The van der Waals surface area contributed by atoms with Crippen LogP contribution in [0.2, 0.25) is 0 Å². The SMILES string of the molecule is C=Cc1ccccc1-c1cc(-c2nc(OCC)nc(-c3ccccc3O)n2)c2ccccc2c1C. The molecular weight excluding hydrogens is 434 g/mol. The second-order valence-corrected chi connectivity index (χ2v) is 8.15. The van der Waals surface area contributed by atoms with E-state index < -0.39 is 0 Å². The van der Waals surface area contributed by atoms with Gasteiger partial charge in [0, 0.05) is 5.56 Å². The molecule has 172 valence electrons. The van der Waals surface area contributed by atoms with Crippen molar-refractivity contribution in [3.63, 3.8) is 0 Å². The number of hydrogen-bond acceptors (Lipinski definition) is 5. The monoisotopic (exact) mass is 459 g/mol. The van der Waals surface area contributed by atoms with Crippen LogP contribution in [0, 0.1) is 6.92 Å². The van der Waals surface area contributed by atoms with Crippen LogP contribution in [0.25, 0.3) is 50.8 Å². The molecule has 0 amide bonds. The van der Waals surface area contributed by atoms with E-state index in [-0.39, 0.29) is 11.8 Å². The van der Waals surface area contributed by atoms with E-state index in [2.05, 4.69) is 53.8 Å². The van der Waals surface area contributed by atoms with E-state index in [1.54, 1.807) is 18.2 Å².